The summed E-state index contributed by atoms with van der Waals surface area (Å²) in [4.78, 5) is -0.106. The highest BCUT2D eigenvalue weighted by Gasteiger charge is 2.27. The molecule has 1 aliphatic rings. The van der Waals surface area contributed by atoms with Crippen molar-refractivity contribution in [1.29, 1.82) is 0 Å². The van der Waals surface area contributed by atoms with Gasteiger partial charge in [0.05, 0.1) is 18.1 Å². The standard InChI is InChI=1S/C11H15FN2O3S/c1-8-10(12)6-9(7-11(8)13)18(15,16)14-2-4-17-5-3-14/h6-7H,2-5,13H2,1H3. The Labute approximate surface area is 105 Å². The first kappa shape index (κ1) is 13.3. The lowest BCUT2D eigenvalue weighted by molar-refractivity contribution is 0.0730. The van der Waals surface area contributed by atoms with Gasteiger partial charge in [-0.05, 0) is 19.1 Å². The van der Waals surface area contributed by atoms with Crippen molar-refractivity contribution in [3.05, 3.63) is 23.5 Å². The van der Waals surface area contributed by atoms with Crippen LogP contribution in [0.5, 0.6) is 0 Å². The van der Waals surface area contributed by atoms with Gasteiger partial charge in [0.25, 0.3) is 0 Å². The first-order valence-electron chi connectivity index (χ1n) is 5.56. The van der Waals surface area contributed by atoms with E-state index in [-0.39, 0.29) is 29.2 Å². The van der Waals surface area contributed by atoms with Crippen LogP contribution in [0.1, 0.15) is 5.56 Å². The van der Waals surface area contributed by atoms with Crippen molar-refractivity contribution in [1.82, 2.24) is 4.31 Å². The molecule has 1 heterocycles. The van der Waals surface area contributed by atoms with E-state index in [1.165, 1.54) is 17.3 Å². The predicted molar refractivity (Wildman–Crippen MR) is 65.1 cm³/mol. The molecule has 1 fully saturated rings. The molecule has 0 spiro atoms. The smallest absolute Gasteiger partial charge is 0.243 e. The number of nitrogens with zero attached hydrogens (tertiary/aromatic N) is 1. The number of hydrogen-bond donors (Lipinski definition) is 1. The van der Waals surface area contributed by atoms with Crippen molar-refractivity contribution in [3.8, 4) is 0 Å². The maximum Gasteiger partial charge on any atom is 0.243 e. The van der Waals surface area contributed by atoms with Gasteiger partial charge in [-0.15, -0.1) is 0 Å². The largest absolute Gasteiger partial charge is 0.398 e. The number of sulfonamides is 1. The predicted octanol–water partition coefficient (Wildman–Crippen LogP) is 0.737. The van der Waals surface area contributed by atoms with E-state index in [2.05, 4.69) is 0 Å². The molecule has 0 atom stereocenters. The quantitative estimate of drug-likeness (QED) is 0.807. The summed E-state index contributed by atoms with van der Waals surface area (Å²) in [5, 5.41) is 0. The van der Waals surface area contributed by atoms with Crippen LogP contribution < -0.4 is 5.73 Å². The monoisotopic (exact) mass is 274 g/mol. The van der Waals surface area contributed by atoms with Crippen LogP contribution in [0.3, 0.4) is 0 Å². The van der Waals surface area contributed by atoms with E-state index in [9.17, 15) is 12.8 Å². The number of benzene rings is 1. The zero-order valence-electron chi connectivity index (χ0n) is 10.0. The minimum Gasteiger partial charge on any atom is -0.398 e. The third-order valence-corrected chi connectivity index (χ3v) is 4.84. The molecular weight excluding hydrogens is 259 g/mol. The van der Waals surface area contributed by atoms with E-state index in [0.717, 1.165) is 6.07 Å². The maximum atomic E-state index is 13.5. The topological polar surface area (TPSA) is 72.6 Å². The Morgan fingerprint density at radius 2 is 1.94 bits per heavy atom. The summed E-state index contributed by atoms with van der Waals surface area (Å²) in [5.74, 6) is -0.609. The second-order valence-corrected chi connectivity index (χ2v) is 6.07. The number of anilines is 1. The summed E-state index contributed by atoms with van der Waals surface area (Å²) < 4.78 is 44.4. The number of hydrogen-bond acceptors (Lipinski definition) is 4. The Bertz CT molecular complexity index is 530. The molecule has 1 aromatic carbocycles. The van der Waals surface area contributed by atoms with Crippen LogP contribution in [0.2, 0.25) is 0 Å². The fourth-order valence-corrected chi connectivity index (χ4v) is 3.22. The van der Waals surface area contributed by atoms with Gasteiger partial charge >= 0.3 is 0 Å². The lowest BCUT2D eigenvalue weighted by Crippen LogP contribution is -2.40. The molecule has 7 heteroatoms. The van der Waals surface area contributed by atoms with E-state index in [1.54, 1.807) is 0 Å². The molecule has 1 saturated heterocycles. The third kappa shape index (κ3) is 2.33. The number of ether oxygens (including phenoxy) is 1. The summed E-state index contributed by atoms with van der Waals surface area (Å²) in [6.07, 6.45) is 0. The zero-order valence-corrected chi connectivity index (χ0v) is 10.8. The normalized spacial score (nSPS) is 17.9. The lowest BCUT2D eigenvalue weighted by Gasteiger charge is -2.26. The zero-order chi connectivity index (χ0) is 13.3. The van der Waals surface area contributed by atoms with E-state index >= 15 is 0 Å². The van der Waals surface area contributed by atoms with Crippen molar-refractivity contribution >= 4 is 15.7 Å². The average Bonchev–Trinajstić information content (AvgIpc) is 2.36. The van der Waals surface area contributed by atoms with Crippen molar-refractivity contribution in [2.24, 2.45) is 0 Å². The molecule has 5 nitrogen and oxygen atoms in total. The third-order valence-electron chi connectivity index (χ3n) is 2.97. The number of morpholine rings is 1. The average molecular weight is 274 g/mol. The number of rotatable bonds is 2. The molecule has 1 aromatic rings. The van der Waals surface area contributed by atoms with Crippen LogP contribution in [0.25, 0.3) is 0 Å². The molecule has 1 aliphatic heterocycles. The minimum absolute atomic E-state index is 0.106. The van der Waals surface area contributed by atoms with Gasteiger partial charge < -0.3 is 10.5 Å². The molecule has 0 saturated carbocycles. The van der Waals surface area contributed by atoms with E-state index < -0.39 is 15.8 Å². The maximum absolute atomic E-state index is 13.5. The Hall–Kier alpha value is -1.18. The van der Waals surface area contributed by atoms with Crippen LogP contribution in [-0.2, 0) is 14.8 Å². The first-order valence-corrected chi connectivity index (χ1v) is 7.00. The molecule has 2 N–H and O–H groups in total. The van der Waals surface area contributed by atoms with Gasteiger partial charge in [0.15, 0.2) is 0 Å². The van der Waals surface area contributed by atoms with Crippen molar-refractivity contribution < 1.29 is 17.5 Å². The fraction of sp³-hybridized carbons (Fsp3) is 0.455. The number of nitrogen functional groups attached to an aromatic ring is 1. The molecule has 2 rings (SSSR count). The second kappa shape index (κ2) is 4.83. The molecular formula is C11H15FN2O3S. The van der Waals surface area contributed by atoms with Gasteiger partial charge in [-0.1, -0.05) is 0 Å². The first-order chi connectivity index (χ1) is 8.43. The van der Waals surface area contributed by atoms with Crippen molar-refractivity contribution in [2.45, 2.75) is 11.8 Å². The van der Waals surface area contributed by atoms with E-state index in [0.29, 0.717) is 13.2 Å². The highest BCUT2D eigenvalue weighted by molar-refractivity contribution is 7.89. The molecule has 0 aliphatic carbocycles. The van der Waals surface area contributed by atoms with Gasteiger partial charge in [-0.2, -0.15) is 4.31 Å². The van der Waals surface area contributed by atoms with E-state index in [1.807, 2.05) is 0 Å². The Kier molecular flexibility index (Phi) is 3.56. The van der Waals surface area contributed by atoms with Crippen molar-refractivity contribution in [3.63, 3.8) is 0 Å². The van der Waals surface area contributed by atoms with Crippen LogP contribution in [0.15, 0.2) is 17.0 Å². The Morgan fingerprint density at radius 1 is 1.33 bits per heavy atom. The molecule has 0 aromatic heterocycles. The highest BCUT2D eigenvalue weighted by atomic mass is 32.2. The number of nitrogens with two attached hydrogens (primary N) is 1. The molecule has 0 bridgehead atoms. The molecule has 0 amide bonds. The van der Waals surface area contributed by atoms with E-state index in [4.69, 9.17) is 10.5 Å². The summed E-state index contributed by atoms with van der Waals surface area (Å²) in [7, 11) is -3.69. The van der Waals surface area contributed by atoms with Gasteiger partial charge in [0, 0.05) is 24.3 Å². The van der Waals surface area contributed by atoms with Crippen LogP contribution in [-0.4, -0.2) is 39.0 Å². The molecule has 100 valence electrons. The summed E-state index contributed by atoms with van der Waals surface area (Å²) in [6, 6.07) is 2.31. The van der Waals surface area contributed by atoms with Crippen molar-refractivity contribution in [2.75, 3.05) is 32.0 Å². The van der Waals surface area contributed by atoms with Crippen LogP contribution >= 0.6 is 0 Å². The van der Waals surface area contributed by atoms with Crippen LogP contribution in [0.4, 0.5) is 10.1 Å². The molecule has 0 radical (unpaired) electrons. The molecule has 0 unspecified atom stereocenters. The summed E-state index contributed by atoms with van der Waals surface area (Å²) >= 11 is 0. The summed E-state index contributed by atoms with van der Waals surface area (Å²) in [6.45, 7) is 2.76. The van der Waals surface area contributed by atoms with Gasteiger partial charge in [0.1, 0.15) is 5.82 Å². The second-order valence-electron chi connectivity index (χ2n) is 4.14. The fourth-order valence-electron chi connectivity index (χ4n) is 1.76. The van der Waals surface area contributed by atoms with Gasteiger partial charge in [-0.3, -0.25) is 0 Å². The minimum atomic E-state index is -3.69. The van der Waals surface area contributed by atoms with Crippen LogP contribution in [0, 0.1) is 12.7 Å². The Balaban J connectivity index is 2.41. The van der Waals surface area contributed by atoms with Gasteiger partial charge in [-0.25, -0.2) is 12.8 Å². The summed E-state index contributed by atoms with van der Waals surface area (Å²) in [5.41, 5.74) is 6.00. The lowest BCUT2D eigenvalue weighted by atomic mass is 10.2. The SMILES string of the molecule is Cc1c(N)cc(S(=O)(=O)N2CCOCC2)cc1F. The van der Waals surface area contributed by atoms with Gasteiger partial charge in [0.2, 0.25) is 10.0 Å². The Morgan fingerprint density at radius 3 is 2.50 bits per heavy atom. The highest BCUT2D eigenvalue weighted by Crippen LogP contribution is 2.24. The number of halogens is 1. The molecule has 18 heavy (non-hydrogen) atoms.